The fourth-order valence-corrected chi connectivity index (χ4v) is 4.64. The molecule has 0 N–H and O–H groups in total. The van der Waals surface area contributed by atoms with Crippen molar-refractivity contribution in [1.29, 1.82) is 0 Å². The van der Waals surface area contributed by atoms with Crippen LogP contribution in [0.2, 0.25) is 0 Å². The van der Waals surface area contributed by atoms with Crippen molar-refractivity contribution in [3.8, 4) is 0 Å². The van der Waals surface area contributed by atoms with Gasteiger partial charge in [-0.05, 0) is 6.07 Å². The fourth-order valence-electron chi connectivity index (χ4n) is 2.88. The molecule has 0 aromatic carbocycles. The van der Waals surface area contributed by atoms with E-state index in [1.54, 1.807) is 15.6 Å². The third-order valence-electron chi connectivity index (χ3n) is 4.20. The molecule has 3 rings (SSSR count). The summed E-state index contributed by atoms with van der Waals surface area (Å²) >= 11 is 1.79. The number of sulfonamides is 1. The van der Waals surface area contributed by atoms with Crippen LogP contribution in [0.15, 0.2) is 11.4 Å². The SMILES string of the molecule is CS(=O)(=O)N1CCN(Cc2cc(N3CCOCC3)cs2)CC1. The first kappa shape index (κ1) is 16.2. The van der Waals surface area contributed by atoms with Crippen molar-refractivity contribution in [2.24, 2.45) is 0 Å². The average molecular weight is 345 g/mol. The Morgan fingerprint density at radius 1 is 1.14 bits per heavy atom. The van der Waals surface area contributed by atoms with Gasteiger partial charge in [0.25, 0.3) is 0 Å². The highest BCUT2D eigenvalue weighted by atomic mass is 32.2. The number of piperazine rings is 1. The van der Waals surface area contributed by atoms with Crippen molar-refractivity contribution >= 4 is 27.0 Å². The molecular formula is C14H23N3O3S2. The lowest BCUT2D eigenvalue weighted by molar-refractivity contribution is 0.122. The Labute approximate surface area is 136 Å². The monoisotopic (exact) mass is 345 g/mol. The fraction of sp³-hybridized carbons (Fsp3) is 0.714. The van der Waals surface area contributed by atoms with Crippen molar-refractivity contribution in [1.82, 2.24) is 9.21 Å². The molecule has 0 bridgehead atoms. The third kappa shape index (κ3) is 3.99. The minimum Gasteiger partial charge on any atom is -0.378 e. The van der Waals surface area contributed by atoms with Crippen LogP contribution in [0.5, 0.6) is 0 Å². The maximum atomic E-state index is 11.5. The molecule has 2 aliphatic rings. The lowest BCUT2D eigenvalue weighted by Gasteiger charge is -2.32. The topological polar surface area (TPSA) is 53.1 Å². The van der Waals surface area contributed by atoms with Crippen molar-refractivity contribution in [2.45, 2.75) is 6.54 Å². The highest BCUT2D eigenvalue weighted by Crippen LogP contribution is 2.25. The van der Waals surface area contributed by atoms with Crippen LogP contribution in [0.1, 0.15) is 4.88 Å². The van der Waals surface area contributed by atoms with E-state index < -0.39 is 10.0 Å². The van der Waals surface area contributed by atoms with Crippen LogP contribution in [0.3, 0.4) is 0 Å². The number of hydrogen-bond donors (Lipinski definition) is 0. The molecule has 0 atom stereocenters. The maximum absolute atomic E-state index is 11.5. The van der Waals surface area contributed by atoms with Gasteiger partial charge in [-0.1, -0.05) is 0 Å². The normalized spacial score (nSPS) is 22.1. The number of ether oxygens (including phenoxy) is 1. The molecule has 8 heteroatoms. The summed E-state index contributed by atoms with van der Waals surface area (Å²) < 4.78 is 30.0. The molecule has 1 aromatic rings. The van der Waals surface area contributed by atoms with E-state index in [1.807, 2.05) is 0 Å². The highest BCUT2D eigenvalue weighted by Gasteiger charge is 2.23. The van der Waals surface area contributed by atoms with Gasteiger partial charge in [-0.15, -0.1) is 11.3 Å². The Kier molecular flexibility index (Phi) is 5.03. The van der Waals surface area contributed by atoms with Crippen LogP contribution in [-0.4, -0.2) is 76.4 Å². The summed E-state index contributed by atoms with van der Waals surface area (Å²) in [5, 5.41) is 2.22. The zero-order valence-electron chi connectivity index (χ0n) is 12.9. The number of morpholine rings is 1. The van der Waals surface area contributed by atoms with E-state index in [4.69, 9.17) is 4.74 Å². The summed E-state index contributed by atoms with van der Waals surface area (Å²) in [5.74, 6) is 0. The summed E-state index contributed by atoms with van der Waals surface area (Å²) in [4.78, 5) is 6.04. The second kappa shape index (κ2) is 6.84. The summed E-state index contributed by atoms with van der Waals surface area (Å²) in [6.07, 6.45) is 1.29. The second-order valence-corrected chi connectivity index (χ2v) is 8.79. The van der Waals surface area contributed by atoms with E-state index in [0.717, 1.165) is 45.9 Å². The van der Waals surface area contributed by atoms with Gasteiger partial charge in [0.05, 0.1) is 19.5 Å². The lowest BCUT2D eigenvalue weighted by atomic mass is 10.3. The van der Waals surface area contributed by atoms with Crippen molar-refractivity contribution < 1.29 is 13.2 Å². The first-order chi connectivity index (χ1) is 10.5. The maximum Gasteiger partial charge on any atom is 0.211 e. The quantitative estimate of drug-likeness (QED) is 0.803. The molecule has 1 aromatic heterocycles. The van der Waals surface area contributed by atoms with Gasteiger partial charge in [0.15, 0.2) is 0 Å². The Morgan fingerprint density at radius 3 is 2.45 bits per heavy atom. The molecule has 0 spiro atoms. The first-order valence-corrected chi connectivity index (χ1v) is 10.3. The van der Waals surface area contributed by atoms with Gasteiger partial charge in [0.2, 0.25) is 10.0 Å². The van der Waals surface area contributed by atoms with Gasteiger partial charge in [0, 0.05) is 61.8 Å². The summed E-state index contributed by atoms with van der Waals surface area (Å²) in [6, 6.07) is 2.26. The Bertz CT molecular complexity index is 588. The molecular weight excluding hydrogens is 322 g/mol. The van der Waals surface area contributed by atoms with E-state index in [0.29, 0.717) is 13.1 Å². The zero-order chi connectivity index (χ0) is 15.6. The van der Waals surface area contributed by atoms with Crippen LogP contribution in [-0.2, 0) is 21.3 Å². The Balaban J connectivity index is 1.53. The predicted molar refractivity (Wildman–Crippen MR) is 89.0 cm³/mol. The van der Waals surface area contributed by atoms with Crippen LogP contribution >= 0.6 is 11.3 Å². The van der Waals surface area contributed by atoms with E-state index in [-0.39, 0.29) is 0 Å². The van der Waals surface area contributed by atoms with Crippen LogP contribution in [0.25, 0.3) is 0 Å². The summed E-state index contributed by atoms with van der Waals surface area (Å²) in [6.45, 7) is 7.24. The molecule has 2 fully saturated rings. The Morgan fingerprint density at radius 2 is 1.82 bits per heavy atom. The summed E-state index contributed by atoms with van der Waals surface area (Å²) in [5.41, 5.74) is 1.29. The van der Waals surface area contributed by atoms with Crippen LogP contribution in [0.4, 0.5) is 5.69 Å². The van der Waals surface area contributed by atoms with E-state index in [9.17, 15) is 8.42 Å². The number of hydrogen-bond acceptors (Lipinski definition) is 6. The number of thiophene rings is 1. The van der Waals surface area contributed by atoms with Crippen LogP contribution in [0, 0.1) is 0 Å². The van der Waals surface area contributed by atoms with E-state index in [1.165, 1.54) is 16.8 Å². The van der Waals surface area contributed by atoms with Crippen LogP contribution < -0.4 is 4.90 Å². The average Bonchev–Trinajstić information content (AvgIpc) is 2.96. The number of nitrogens with zero attached hydrogens (tertiary/aromatic N) is 3. The minimum atomic E-state index is -3.04. The second-order valence-electron chi connectivity index (χ2n) is 5.81. The molecule has 0 unspecified atom stereocenters. The molecule has 2 saturated heterocycles. The summed E-state index contributed by atoms with van der Waals surface area (Å²) in [7, 11) is -3.04. The molecule has 2 aliphatic heterocycles. The van der Waals surface area contributed by atoms with E-state index in [2.05, 4.69) is 21.2 Å². The number of rotatable bonds is 4. The molecule has 0 amide bonds. The van der Waals surface area contributed by atoms with E-state index >= 15 is 0 Å². The molecule has 6 nitrogen and oxygen atoms in total. The van der Waals surface area contributed by atoms with Gasteiger partial charge < -0.3 is 9.64 Å². The minimum absolute atomic E-state index is 0.598. The Hall–Kier alpha value is -0.670. The van der Waals surface area contributed by atoms with Gasteiger partial charge in [-0.3, -0.25) is 4.90 Å². The molecule has 0 radical (unpaired) electrons. The zero-order valence-corrected chi connectivity index (χ0v) is 14.5. The molecule has 124 valence electrons. The molecule has 0 saturated carbocycles. The number of anilines is 1. The van der Waals surface area contributed by atoms with Crippen molar-refractivity contribution in [3.63, 3.8) is 0 Å². The van der Waals surface area contributed by atoms with Gasteiger partial charge in [-0.2, -0.15) is 4.31 Å². The smallest absolute Gasteiger partial charge is 0.211 e. The van der Waals surface area contributed by atoms with Gasteiger partial charge >= 0.3 is 0 Å². The third-order valence-corrected chi connectivity index (χ3v) is 6.41. The first-order valence-electron chi connectivity index (χ1n) is 7.60. The highest BCUT2D eigenvalue weighted by molar-refractivity contribution is 7.88. The van der Waals surface area contributed by atoms with Gasteiger partial charge in [0.1, 0.15) is 0 Å². The molecule has 0 aliphatic carbocycles. The van der Waals surface area contributed by atoms with Crippen molar-refractivity contribution in [3.05, 3.63) is 16.3 Å². The molecule has 22 heavy (non-hydrogen) atoms. The lowest BCUT2D eigenvalue weighted by Crippen LogP contribution is -2.47. The standard InChI is InChI=1S/C14H23N3O3S2/c1-22(18,19)17-4-2-15(3-5-17)11-14-10-13(12-21-14)16-6-8-20-9-7-16/h10,12H,2-9,11H2,1H3. The largest absolute Gasteiger partial charge is 0.378 e. The van der Waals surface area contributed by atoms with Gasteiger partial charge in [-0.25, -0.2) is 8.42 Å². The van der Waals surface area contributed by atoms with Crippen molar-refractivity contribution in [2.75, 3.05) is 63.6 Å². The predicted octanol–water partition coefficient (Wildman–Crippen LogP) is 0.662. The molecule has 3 heterocycles.